The van der Waals surface area contributed by atoms with E-state index < -0.39 is 11.6 Å². The predicted molar refractivity (Wildman–Crippen MR) is 52.2 cm³/mol. The van der Waals surface area contributed by atoms with Crippen molar-refractivity contribution >= 4 is 5.84 Å². The Bertz CT molecular complexity index is 339. The van der Waals surface area contributed by atoms with Crippen LogP contribution >= 0.6 is 0 Å². The third-order valence-corrected chi connectivity index (χ3v) is 1.56. The summed E-state index contributed by atoms with van der Waals surface area (Å²) in [5, 5.41) is 0. The number of aliphatic imine (C=N–C) groups is 1. The summed E-state index contributed by atoms with van der Waals surface area (Å²) >= 11 is 0. The maximum Gasteiger partial charge on any atom is 0.126 e. The van der Waals surface area contributed by atoms with E-state index in [0.29, 0.717) is 0 Å². The van der Waals surface area contributed by atoms with E-state index >= 15 is 0 Å². The summed E-state index contributed by atoms with van der Waals surface area (Å²) in [4.78, 5) is 3.99. The van der Waals surface area contributed by atoms with Crippen molar-refractivity contribution in [2.24, 2.45) is 10.7 Å². The maximum atomic E-state index is 12.8. The molecule has 0 heterocycles. The van der Waals surface area contributed by atoms with Gasteiger partial charge >= 0.3 is 0 Å². The quantitative estimate of drug-likeness (QED) is 0.573. The minimum Gasteiger partial charge on any atom is -0.383 e. The summed E-state index contributed by atoms with van der Waals surface area (Å²) in [5.41, 5.74) is 5.82. The normalized spacial score (nSPS) is 12.2. The van der Waals surface area contributed by atoms with Crippen molar-refractivity contribution in [2.45, 2.75) is 19.9 Å². The molecule has 1 aromatic carbocycles. The molecular weight excluding hydrogens is 186 g/mol. The van der Waals surface area contributed by atoms with Gasteiger partial charge in [-0.25, -0.2) is 8.78 Å². The summed E-state index contributed by atoms with van der Waals surface area (Å²) in [7, 11) is 0. The van der Waals surface area contributed by atoms with E-state index in [4.69, 9.17) is 5.73 Å². The van der Waals surface area contributed by atoms with Crippen molar-refractivity contribution in [3.05, 3.63) is 35.4 Å². The lowest BCUT2D eigenvalue weighted by molar-refractivity contribution is 0.582. The molecule has 0 aliphatic heterocycles. The van der Waals surface area contributed by atoms with Crippen LogP contribution in [0.1, 0.15) is 19.4 Å². The van der Waals surface area contributed by atoms with Crippen molar-refractivity contribution in [3.8, 4) is 0 Å². The maximum absolute atomic E-state index is 12.8. The second kappa shape index (κ2) is 4.17. The van der Waals surface area contributed by atoms with Gasteiger partial charge in [0.05, 0.1) is 0 Å². The molecule has 1 aromatic rings. The van der Waals surface area contributed by atoms with Gasteiger partial charge in [-0.3, -0.25) is 4.99 Å². The first-order valence-corrected chi connectivity index (χ1v) is 4.29. The van der Waals surface area contributed by atoms with Gasteiger partial charge in [0.25, 0.3) is 0 Å². The van der Waals surface area contributed by atoms with Gasteiger partial charge in [0.2, 0.25) is 0 Å². The second-order valence-corrected chi connectivity index (χ2v) is 3.27. The Balaban J connectivity index is 3.07. The standard InChI is InChI=1S/C10H12F2N2/c1-6(2)14-10(13)7-3-8(11)5-9(12)4-7/h3-6H,1-2H3,(H2,13,14). The Morgan fingerprint density at radius 2 is 1.71 bits per heavy atom. The SMILES string of the molecule is CC(C)N=C(N)c1cc(F)cc(F)c1. The van der Waals surface area contributed by atoms with Crippen molar-refractivity contribution in [1.82, 2.24) is 0 Å². The number of nitrogens with zero attached hydrogens (tertiary/aromatic N) is 1. The van der Waals surface area contributed by atoms with Gasteiger partial charge in [0.1, 0.15) is 17.5 Å². The lowest BCUT2D eigenvalue weighted by atomic mass is 10.2. The summed E-state index contributed by atoms with van der Waals surface area (Å²) in [6, 6.07) is 3.11. The molecule has 14 heavy (non-hydrogen) atoms. The van der Waals surface area contributed by atoms with Crippen LogP contribution in [0.4, 0.5) is 8.78 Å². The Morgan fingerprint density at radius 1 is 1.21 bits per heavy atom. The summed E-state index contributed by atoms with van der Waals surface area (Å²) in [6.07, 6.45) is 0. The molecule has 76 valence electrons. The fraction of sp³-hybridized carbons (Fsp3) is 0.300. The third kappa shape index (κ3) is 2.80. The van der Waals surface area contributed by atoms with Gasteiger partial charge in [-0.2, -0.15) is 0 Å². The fourth-order valence-corrected chi connectivity index (χ4v) is 1.05. The molecule has 0 unspecified atom stereocenters. The minimum atomic E-state index is -0.651. The Morgan fingerprint density at radius 3 is 2.14 bits per heavy atom. The first kappa shape index (κ1) is 10.6. The van der Waals surface area contributed by atoms with Crippen LogP contribution in [0.25, 0.3) is 0 Å². The zero-order valence-electron chi connectivity index (χ0n) is 8.09. The molecule has 0 saturated carbocycles. The lowest BCUT2D eigenvalue weighted by Crippen LogP contribution is -2.16. The van der Waals surface area contributed by atoms with Crippen molar-refractivity contribution in [3.63, 3.8) is 0 Å². The summed E-state index contributed by atoms with van der Waals surface area (Å²) in [5.74, 6) is -1.15. The van der Waals surface area contributed by atoms with E-state index in [0.717, 1.165) is 18.2 Å². The highest BCUT2D eigenvalue weighted by Gasteiger charge is 2.04. The molecule has 4 heteroatoms. The minimum absolute atomic E-state index is 0.00123. The van der Waals surface area contributed by atoms with E-state index in [1.807, 2.05) is 13.8 Å². The Labute approximate surface area is 81.5 Å². The molecule has 0 amide bonds. The summed E-state index contributed by atoms with van der Waals surface area (Å²) < 4.78 is 25.6. The van der Waals surface area contributed by atoms with E-state index in [1.165, 1.54) is 0 Å². The van der Waals surface area contributed by atoms with Crippen molar-refractivity contribution in [1.29, 1.82) is 0 Å². The first-order chi connectivity index (χ1) is 6.49. The number of nitrogens with two attached hydrogens (primary N) is 1. The molecule has 1 rings (SSSR count). The molecule has 0 aromatic heterocycles. The van der Waals surface area contributed by atoms with E-state index in [2.05, 4.69) is 4.99 Å². The lowest BCUT2D eigenvalue weighted by Gasteiger charge is -2.03. The van der Waals surface area contributed by atoms with Crippen LogP contribution in [0.15, 0.2) is 23.2 Å². The third-order valence-electron chi connectivity index (χ3n) is 1.56. The molecule has 0 atom stereocenters. The highest BCUT2D eigenvalue weighted by atomic mass is 19.1. The molecule has 0 saturated heterocycles. The number of hydrogen-bond donors (Lipinski definition) is 1. The van der Waals surface area contributed by atoms with Crippen LogP contribution in [0.2, 0.25) is 0 Å². The smallest absolute Gasteiger partial charge is 0.126 e. The van der Waals surface area contributed by atoms with Gasteiger partial charge in [-0.05, 0) is 26.0 Å². The molecule has 0 bridgehead atoms. The van der Waals surface area contributed by atoms with Gasteiger partial charge < -0.3 is 5.73 Å². The Kier molecular flexibility index (Phi) is 3.17. The topological polar surface area (TPSA) is 38.4 Å². The van der Waals surface area contributed by atoms with E-state index in [1.54, 1.807) is 0 Å². The summed E-state index contributed by atoms with van der Waals surface area (Å²) in [6.45, 7) is 3.67. The monoisotopic (exact) mass is 198 g/mol. The van der Waals surface area contributed by atoms with Gasteiger partial charge in [-0.15, -0.1) is 0 Å². The molecule has 0 aliphatic carbocycles. The number of hydrogen-bond acceptors (Lipinski definition) is 1. The predicted octanol–water partition coefficient (Wildman–Crippen LogP) is 2.08. The number of benzene rings is 1. The van der Waals surface area contributed by atoms with Crippen molar-refractivity contribution < 1.29 is 8.78 Å². The molecule has 0 fully saturated rings. The van der Waals surface area contributed by atoms with Gasteiger partial charge in [0.15, 0.2) is 0 Å². The fourth-order valence-electron chi connectivity index (χ4n) is 1.05. The molecular formula is C10H12F2N2. The van der Waals surface area contributed by atoms with E-state index in [9.17, 15) is 8.78 Å². The first-order valence-electron chi connectivity index (χ1n) is 4.29. The van der Waals surface area contributed by atoms with Crippen molar-refractivity contribution in [2.75, 3.05) is 0 Å². The largest absolute Gasteiger partial charge is 0.383 e. The van der Waals surface area contributed by atoms with Crippen LogP contribution in [0.5, 0.6) is 0 Å². The molecule has 0 radical (unpaired) electrons. The number of rotatable bonds is 2. The highest BCUT2D eigenvalue weighted by molar-refractivity contribution is 5.97. The second-order valence-electron chi connectivity index (χ2n) is 3.27. The van der Waals surface area contributed by atoms with Crippen LogP contribution in [-0.2, 0) is 0 Å². The van der Waals surface area contributed by atoms with Crippen LogP contribution in [0, 0.1) is 11.6 Å². The number of halogens is 2. The van der Waals surface area contributed by atoms with E-state index in [-0.39, 0.29) is 17.4 Å². The average Bonchev–Trinajstić information content (AvgIpc) is 2.00. The highest BCUT2D eigenvalue weighted by Crippen LogP contribution is 2.08. The zero-order valence-corrected chi connectivity index (χ0v) is 8.09. The van der Waals surface area contributed by atoms with Gasteiger partial charge in [-0.1, -0.05) is 0 Å². The van der Waals surface area contributed by atoms with Crippen LogP contribution in [0.3, 0.4) is 0 Å². The molecule has 2 N–H and O–H groups in total. The van der Waals surface area contributed by atoms with Crippen LogP contribution < -0.4 is 5.73 Å². The zero-order chi connectivity index (χ0) is 10.7. The van der Waals surface area contributed by atoms with Crippen LogP contribution in [-0.4, -0.2) is 11.9 Å². The van der Waals surface area contributed by atoms with Gasteiger partial charge in [0, 0.05) is 17.7 Å². The Hall–Kier alpha value is -1.45. The molecule has 0 spiro atoms. The molecule has 0 aliphatic rings. The average molecular weight is 198 g/mol. The molecule has 2 nitrogen and oxygen atoms in total. The number of amidine groups is 1.